The monoisotopic (exact) mass is 481 g/mol. The van der Waals surface area contributed by atoms with Crippen molar-refractivity contribution in [2.45, 2.75) is 57.7 Å². The molecule has 2 amide bonds. The Labute approximate surface area is 203 Å². The van der Waals surface area contributed by atoms with E-state index in [1.807, 2.05) is 32.0 Å². The van der Waals surface area contributed by atoms with E-state index in [-0.39, 0.29) is 17.9 Å². The highest BCUT2D eigenvalue weighted by Gasteiger charge is 2.41. The molecule has 33 heavy (non-hydrogen) atoms. The number of aliphatic hydroxyl groups excluding tert-OH is 1. The van der Waals surface area contributed by atoms with Crippen molar-refractivity contribution in [3.63, 3.8) is 0 Å². The molecule has 1 fully saturated rings. The van der Waals surface area contributed by atoms with Gasteiger partial charge in [0, 0.05) is 44.3 Å². The highest BCUT2D eigenvalue weighted by atomic mass is 35.5. The average molecular weight is 482 g/mol. The maximum absolute atomic E-state index is 13.1. The van der Waals surface area contributed by atoms with Crippen LogP contribution in [-0.2, 0) is 10.3 Å². The molecule has 8 heteroatoms. The molecule has 1 aliphatic rings. The van der Waals surface area contributed by atoms with Gasteiger partial charge < -0.3 is 25.2 Å². The Kier molecular flexibility index (Phi) is 11.3. The number of urea groups is 1. The van der Waals surface area contributed by atoms with Crippen LogP contribution in [0.25, 0.3) is 0 Å². The van der Waals surface area contributed by atoms with Gasteiger partial charge in [0.05, 0.1) is 17.4 Å². The number of rotatable bonds is 11. The second kappa shape index (κ2) is 13.4. The second-order valence-electron chi connectivity index (χ2n) is 9.27. The summed E-state index contributed by atoms with van der Waals surface area (Å²) < 4.78 is 5.17. The SMILES string of the molecule is CNC/C(=N/C(=O)N1CCC[C@@H]([C@@](O)(CCCCOC)c2cccc(Cl)c2)C1)[C@@H](O)C(C)C. The first-order valence-electron chi connectivity index (χ1n) is 11.9. The normalized spacial score (nSPS) is 20.1. The first-order chi connectivity index (χ1) is 15.7. The van der Waals surface area contributed by atoms with Crippen molar-refractivity contribution in [2.24, 2.45) is 16.8 Å². The lowest BCUT2D eigenvalue weighted by molar-refractivity contribution is -0.0559. The topological polar surface area (TPSA) is 94.4 Å². The van der Waals surface area contributed by atoms with Gasteiger partial charge >= 0.3 is 6.03 Å². The summed E-state index contributed by atoms with van der Waals surface area (Å²) in [5.74, 6) is -0.187. The van der Waals surface area contributed by atoms with Gasteiger partial charge in [0.25, 0.3) is 0 Å². The molecule has 0 bridgehead atoms. The molecular formula is C25H40ClN3O4. The van der Waals surface area contributed by atoms with Crippen LogP contribution in [0.2, 0.25) is 5.02 Å². The molecule has 2 rings (SSSR count). The van der Waals surface area contributed by atoms with Gasteiger partial charge in [-0.05, 0) is 62.8 Å². The first-order valence-corrected chi connectivity index (χ1v) is 12.3. The number of aliphatic imine (C=N–C) groups is 1. The number of ether oxygens (including phenoxy) is 1. The van der Waals surface area contributed by atoms with Crippen molar-refractivity contribution in [2.75, 3.05) is 40.4 Å². The van der Waals surface area contributed by atoms with Gasteiger partial charge in [-0.3, -0.25) is 0 Å². The van der Waals surface area contributed by atoms with E-state index in [4.69, 9.17) is 16.3 Å². The number of amides is 2. The molecule has 1 aliphatic heterocycles. The van der Waals surface area contributed by atoms with Gasteiger partial charge in [0.15, 0.2) is 0 Å². The minimum atomic E-state index is -1.10. The maximum Gasteiger partial charge on any atom is 0.343 e. The summed E-state index contributed by atoms with van der Waals surface area (Å²) in [5.41, 5.74) is 0.109. The second-order valence-corrected chi connectivity index (χ2v) is 9.71. The largest absolute Gasteiger partial charge is 0.387 e. The van der Waals surface area contributed by atoms with Crippen LogP contribution >= 0.6 is 11.6 Å². The number of nitrogens with zero attached hydrogens (tertiary/aromatic N) is 2. The number of unbranched alkanes of at least 4 members (excludes halogenated alkanes) is 1. The summed E-state index contributed by atoms with van der Waals surface area (Å²) >= 11 is 6.25. The Morgan fingerprint density at radius 2 is 2.15 bits per heavy atom. The third kappa shape index (κ3) is 7.76. The summed E-state index contributed by atoms with van der Waals surface area (Å²) in [6.07, 6.45) is 3.00. The summed E-state index contributed by atoms with van der Waals surface area (Å²) in [6.45, 7) is 5.76. The number of nitrogens with one attached hydrogen (secondary N) is 1. The fraction of sp³-hybridized carbons (Fsp3) is 0.680. The highest BCUT2D eigenvalue weighted by molar-refractivity contribution is 6.30. The third-order valence-electron chi connectivity index (χ3n) is 6.42. The molecule has 0 radical (unpaired) electrons. The van der Waals surface area contributed by atoms with Gasteiger partial charge in [0.1, 0.15) is 0 Å². The molecule has 0 unspecified atom stereocenters. The van der Waals surface area contributed by atoms with Crippen molar-refractivity contribution in [1.82, 2.24) is 10.2 Å². The van der Waals surface area contributed by atoms with Crippen molar-refractivity contribution < 1.29 is 19.7 Å². The van der Waals surface area contributed by atoms with Crippen LogP contribution in [0.1, 0.15) is 51.5 Å². The van der Waals surface area contributed by atoms with Crippen molar-refractivity contribution in [1.29, 1.82) is 0 Å². The molecule has 186 valence electrons. The van der Waals surface area contributed by atoms with E-state index < -0.39 is 11.7 Å². The van der Waals surface area contributed by atoms with Gasteiger partial charge in [-0.1, -0.05) is 37.6 Å². The highest BCUT2D eigenvalue weighted by Crippen LogP contribution is 2.40. The maximum atomic E-state index is 13.1. The van der Waals surface area contributed by atoms with Crippen molar-refractivity contribution >= 4 is 23.3 Å². The van der Waals surface area contributed by atoms with Crippen LogP contribution in [0.4, 0.5) is 4.79 Å². The molecule has 3 N–H and O–H groups in total. The smallest absolute Gasteiger partial charge is 0.343 e. The number of hydrogen-bond donors (Lipinski definition) is 3. The van der Waals surface area contributed by atoms with Crippen LogP contribution in [0.3, 0.4) is 0 Å². The zero-order valence-corrected chi connectivity index (χ0v) is 21.1. The number of halogens is 1. The molecule has 0 saturated carbocycles. The zero-order chi connectivity index (χ0) is 24.4. The van der Waals surface area contributed by atoms with Crippen molar-refractivity contribution in [3.8, 4) is 0 Å². The molecule has 0 aliphatic carbocycles. The van der Waals surface area contributed by atoms with Crippen LogP contribution < -0.4 is 5.32 Å². The Morgan fingerprint density at radius 3 is 2.79 bits per heavy atom. The number of hydrogen-bond acceptors (Lipinski definition) is 5. The fourth-order valence-corrected chi connectivity index (χ4v) is 4.68. The molecule has 0 aromatic heterocycles. The van der Waals surface area contributed by atoms with Crippen LogP contribution in [0, 0.1) is 11.8 Å². The van der Waals surface area contributed by atoms with Crippen molar-refractivity contribution in [3.05, 3.63) is 34.9 Å². The van der Waals surface area contributed by atoms with Gasteiger partial charge in [0.2, 0.25) is 0 Å². The lowest BCUT2D eigenvalue weighted by Gasteiger charge is -2.42. The minimum Gasteiger partial charge on any atom is -0.387 e. The number of aliphatic hydroxyl groups is 2. The molecule has 1 aromatic carbocycles. The van der Waals surface area contributed by atoms with Crippen LogP contribution in [0.15, 0.2) is 29.3 Å². The summed E-state index contributed by atoms with van der Waals surface area (Å²) in [6, 6.07) is 7.01. The van der Waals surface area contributed by atoms with Crippen LogP contribution in [-0.4, -0.2) is 73.4 Å². The number of methoxy groups -OCH3 is 1. The quantitative estimate of drug-likeness (QED) is 0.329. The van der Waals surface area contributed by atoms with E-state index in [0.29, 0.717) is 43.4 Å². The molecule has 1 aromatic rings. The van der Waals surface area contributed by atoms with E-state index in [0.717, 1.165) is 31.2 Å². The first kappa shape index (κ1) is 27.7. The minimum absolute atomic E-state index is 0.0426. The Balaban J connectivity index is 2.25. The number of benzene rings is 1. The number of piperidine rings is 1. The fourth-order valence-electron chi connectivity index (χ4n) is 4.49. The third-order valence-corrected chi connectivity index (χ3v) is 6.65. The number of likely N-dealkylation sites (tertiary alicyclic amines) is 1. The molecule has 1 heterocycles. The molecule has 0 spiro atoms. The summed E-state index contributed by atoms with van der Waals surface area (Å²) in [4.78, 5) is 19.0. The predicted octanol–water partition coefficient (Wildman–Crippen LogP) is 3.85. The summed E-state index contributed by atoms with van der Waals surface area (Å²) in [5, 5.41) is 26.0. The number of carbonyl (C=O) groups excluding carboxylic acids is 1. The Bertz CT molecular complexity index is 789. The van der Waals surface area contributed by atoms with E-state index in [9.17, 15) is 15.0 Å². The Morgan fingerprint density at radius 1 is 1.39 bits per heavy atom. The summed E-state index contributed by atoms with van der Waals surface area (Å²) in [7, 11) is 3.44. The van der Waals surface area contributed by atoms with E-state index >= 15 is 0 Å². The standard InChI is InChI=1S/C25H40ClN3O4/c1-18(2)23(30)22(16-27-3)28-24(31)29-13-8-10-20(17-29)25(32,12-5-6-14-33-4)19-9-7-11-21(26)15-19/h7,9,11,15,18,20,23,27,30,32H,5-6,8,10,12-14,16-17H2,1-4H3/b28-22-/t20-,23+,25-/m1/s1. The molecule has 7 nitrogen and oxygen atoms in total. The van der Waals surface area contributed by atoms with E-state index in [1.165, 1.54) is 0 Å². The predicted molar refractivity (Wildman–Crippen MR) is 133 cm³/mol. The van der Waals surface area contributed by atoms with Crippen LogP contribution in [0.5, 0.6) is 0 Å². The van der Waals surface area contributed by atoms with E-state index in [2.05, 4.69) is 10.3 Å². The lowest BCUT2D eigenvalue weighted by Crippen LogP contribution is -2.48. The molecular weight excluding hydrogens is 442 g/mol. The van der Waals surface area contributed by atoms with Gasteiger partial charge in [-0.15, -0.1) is 0 Å². The zero-order valence-electron chi connectivity index (χ0n) is 20.4. The lowest BCUT2D eigenvalue weighted by atomic mass is 9.74. The average Bonchev–Trinajstić information content (AvgIpc) is 2.81. The molecule has 3 atom stereocenters. The van der Waals surface area contributed by atoms with Gasteiger partial charge in [-0.25, -0.2) is 4.79 Å². The number of carbonyl (C=O) groups is 1. The molecule has 1 saturated heterocycles. The van der Waals surface area contributed by atoms with E-state index in [1.54, 1.807) is 25.1 Å². The van der Waals surface area contributed by atoms with Gasteiger partial charge in [-0.2, -0.15) is 4.99 Å². The Hall–Kier alpha value is -1.51.